The Balaban J connectivity index is 2.39. The van der Waals surface area contributed by atoms with Gasteiger partial charge in [-0.25, -0.2) is 8.78 Å². The zero-order valence-electron chi connectivity index (χ0n) is 9.02. The number of ketones is 1. The molecule has 1 heterocycles. The molecule has 0 radical (unpaired) electrons. The van der Waals surface area contributed by atoms with Gasteiger partial charge >= 0.3 is 0 Å². The third-order valence-corrected chi connectivity index (χ3v) is 2.91. The normalized spacial score (nSPS) is 20.1. The topological polar surface area (TPSA) is 29.1 Å². The molecule has 0 aliphatic carbocycles. The second kappa shape index (κ2) is 4.29. The first-order valence-corrected chi connectivity index (χ1v) is 5.33. The van der Waals surface area contributed by atoms with Crippen molar-refractivity contribution in [3.05, 3.63) is 34.9 Å². The van der Waals surface area contributed by atoms with Crippen LogP contribution in [-0.4, -0.2) is 18.4 Å². The van der Waals surface area contributed by atoms with E-state index < -0.39 is 29.0 Å². The molecule has 1 atom stereocenters. The average Bonchev–Trinajstić information content (AvgIpc) is 2.77. The van der Waals surface area contributed by atoms with Gasteiger partial charge in [-0.1, -0.05) is 6.07 Å². The van der Waals surface area contributed by atoms with Gasteiger partial charge in [0.15, 0.2) is 5.78 Å². The second-order valence-electron chi connectivity index (χ2n) is 4.07. The van der Waals surface area contributed by atoms with Crippen LogP contribution in [0.3, 0.4) is 0 Å². The Kier molecular flexibility index (Phi) is 3.01. The van der Waals surface area contributed by atoms with Crippen molar-refractivity contribution >= 4 is 5.78 Å². The van der Waals surface area contributed by atoms with E-state index in [-0.39, 0.29) is 0 Å². The van der Waals surface area contributed by atoms with Gasteiger partial charge in [0, 0.05) is 0 Å². The molecule has 86 valence electrons. The molecule has 1 aromatic rings. The van der Waals surface area contributed by atoms with Crippen molar-refractivity contribution in [2.75, 3.05) is 6.54 Å². The lowest BCUT2D eigenvalue weighted by Crippen LogP contribution is -2.32. The number of nitrogens with one attached hydrogen (secondary N) is 1. The number of benzene rings is 1. The highest BCUT2D eigenvalue weighted by Gasteiger charge is 2.28. The molecule has 0 spiro atoms. The first-order chi connectivity index (χ1) is 7.61. The third-order valence-electron chi connectivity index (χ3n) is 2.91. The lowest BCUT2D eigenvalue weighted by molar-refractivity contribution is 0.0943. The van der Waals surface area contributed by atoms with Gasteiger partial charge in [-0.15, -0.1) is 0 Å². The summed E-state index contributed by atoms with van der Waals surface area (Å²) in [4.78, 5) is 11.9. The summed E-state index contributed by atoms with van der Waals surface area (Å²) in [6, 6.07) is 2.04. The Labute approximate surface area is 92.7 Å². The number of hydrogen-bond donors (Lipinski definition) is 1. The molecule has 4 heteroatoms. The monoisotopic (exact) mass is 225 g/mol. The minimum absolute atomic E-state index is 0.294. The van der Waals surface area contributed by atoms with Crippen molar-refractivity contribution in [2.24, 2.45) is 0 Å². The molecule has 1 unspecified atom stereocenters. The molecule has 1 aromatic carbocycles. The maximum atomic E-state index is 13.7. The minimum atomic E-state index is -0.776. The van der Waals surface area contributed by atoms with Crippen LogP contribution in [0.1, 0.15) is 28.8 Å². The molecule has 0 amide bonds. The lowest BCUT2D eigenvalue weighted by atomic mass is 10.00. The van der Waals surface area contributed by atoms with E-state index >= 15 is 0 Å². The first kappa shape index (κ1) is 11.2. The molecule has 2 nitrogen and oxygen atoms in total. The van der Waals surface area contributed by atoms with Crippen molar-refractivity contribution in [1.82, 2.24) is 5.32 Å². The van der Waals surface area contributed by atoms with Crippen LogP contribution in [0.15, 0.2) is 12.1 Å². The van der Waals surface area contributed by atoms with Crippen molar-refractivity contribution in [3.63, 3.8) is 0 Å². The van der Waals surface area contributed by atoms with Crippen LogP contribution in [0.2, 0.25) is 0 Å². The molecule has 16 heavy (non-hydrogen) atoms. The molecule has 0 saturated carbocycles. The molecule has 1 aliphatic rings. The fourth-order valence-corrected chi connectivity index (χ4v) is 1.97. The Hall–Kier alpha value is -1.29. The predicted molar refractivity (Wildman–Crippen MR) is 56.5 cm³/mol. The summed E-state index contributed by atoms with van der Waals surface area (Å²) >= 11 is 0. The van der Waals surface area contributed by atoms with Crippen LogP contribution in [-0.2, 0) is 0 Å². The SMILES string of the molecule is Cc1ccc(F)c(C(=O)C2CCCN2)c1F. The molecule has 1 saturated heterocycles. The van der Waals surface area contributed by atoms with Gasteiger partial charge in [0.25, 0.3) is 0 Å². The van der Waals surface area contributed by atoms with Crippen LogP contribution in [0, 0.1) is 18.6 Å². The molecule has 1 N–H and O–H groups in total. The lowest BCUT2D eigenvalue weighted by Gasteiger charge is -2.11. The van der Waals surface area contributed by atoms with Crippen LogP contribution >= 0.6 is 0 Å². The van der Waals surface area contributed by atoms with Gasteiger partial charge in [-0.3, -0.25) is 4.79 Å². The molecule has 1 aliphatic heterocycles. The Morgan fingerprint density at radius 3 is 2.81 bits per heavy atom. The van der Waals surface area contributed by atoms with Crippen molar-refractivity contribution in [3.8, 4) is 0 Å². The van der Waals surface area contributed by atoms with Crippen molar-refractivity contribution in [1.29, 1.82) is 0 Å². The second-order valence-corrected chi connectivity index (χ2v) is 4.07. The van der Waals surface area contributed by atoms with Gasteiger partial charge in [-0.2, -0.15) is 0 Å². The van der Waals surface area contributed by atoms with Crippen LogP contribution in [0.25, 0.3) is 0 Å². The molecule has 0 aromatic heterocycles. The maximum absolute atomic E-state index is 13.7. The van der Waals surface area contributed by atoms with Gasteiger partial charge in [0.1, 0.15) is 11.6 Å². The van der Waals surface area contributed by atoms with Gasteiger partial charge in [-0.05, 0) is 37.9 Å². The Morgan fingerprint density at radius 2 is 2.19 bits per heavy atom. The van der Waals surface area contributed by atoms with Gasteiger partial charge in [0.2, 0.25) is 0 Å². The summed E-state index contributed by atoms with van der Waals surface area (Å²) in [5, 5.41) is 2.95. The van der Waals surface area contributed by atoms with E-state index in [4.69, 9.17) is 0 Å². The quantitative estimate of drug-likeness (QED) is 0.782. The molecule has 0 bridgehead atoms. The number of carbonyl (C=O) groups is 1. The fraction of sp³-hybridized carbons (Fsp3) is 0.417. The van der Waals surface area contributed by atoms with E-state index in [0.29, 0.717) is 12.0 Å². The van der Waals surface area contributed by atoms with E-state index in [9.17, 15) is 13.6 Å². The standard InChI is InChI=1S/C12H13F2NO/c1-7-4-5-8(13)10(11(7)14)12(16)9-3-2-6-15-9/h4-5,9,15H,2-3,6H2,1H3. The zero-order valence-corrected chi connectivity index (χ0v) is 9.02. The van der Waals surface area contributed by atoms with E-state index in [1.807, 2.05) is 0 Å². The Morgan fingerprint density at radius 1 is 1.44 bits per heavy atom. The van der Waals surface area contributed by atoms with Gasteiger partial charge in [0.05, 0.1) is 11.6 Å². The summed E-state index contributed by atoms with van der Waals surface area (Å²) in [6.45, 7) is 2.25. The highest BCUT2D eigenvalue weighted by atomic mass is 19.1. The van der Waals surface area contributed by atoms with E-state index in [1.165, 1.54) is 13.0 Å². The van der Waals surface area contributed by atoms with E-state index in [0.717, 1.165) is 19.0 Å². The minimum Gasteiger partial charge on any atom is -0.307 e. The van der Waals surface area contributed by atoms with Crippen molar-refractivity contribution in [2.45, 2.75) is 25.8 Å². The van der Waals surface area contributed by atoms with Crippen LogP contribution < -0.4 is 5.32 Å². The maximum Gasteiger partial charge on any atom is 0.185 e. The largest absolute Gasteiger partial charge is 0.307 e. The summed E-state index contributed by atoms with van der Waals surface area (Å²) in [5.41, 5.74) is -0.109. The van der Waals surface area contributed by atoms with Crippen LogP contribution in [0.5, 0.6) is 0 Å². The third kappa shape index (κ3) is 1.85. The highest BCUT2D eigenvalue weighted by molar-refractivity contribution is 6.00. The smallest absolute Gasteiger partial charge is 0.185 e. The van der Waals surface area contributed by atoms with E-state index in [1.54, 1.807) is 0 Å². The van der Waals surface area contributed by atoms with Crippen molar-refractivity contribution < 1.29 is 13.6 Å². The summed E-state index contributed by atoms with van der Waals surface area (Å²) < 4.78 is 27.1. The number of hydrogen-bond acceptors (Lipinski definition) is 2. The molecule has 2 rings (SSSR count). The Bertz CT molecular complexity index is 425. The summed E-state index contributed by atoms with van der Waals surface area (Å²) in [5.74, 6) is -1.99. The summed E-state index contributed by atoms with van der Waals surface area (Å²) in [6.07, 6.45) is 1.51. The van der Waals surface area contributed by atoms with E-state index in [2.05, 4.69) is 5.32 Å². The number of aryl methyl sites for hydroxylation is 1. The zero-order chi connectivity index (χ0) is 11.7. The van der Waals surface area contributed by atoms with Crippen LogP contribution in [0.4, 0.5) is 8.78 Å². The number of Topliss-reactive ketones (excluding diaryl/α,β-unsaturated/α-hetero) is 1. The summed E-state index contributed by atoms with van der Waals surface area (Å²) in [7, 11) is 0. The average molecular weight is 225 g/mol. The highest BCUT2D eigenvalue weighted by Crippen LogP contribution is 2.20. The van der Waals surface area contributed by atoms with Gasteiger partial charge < -0.3 is 5.32 Å². The number of rotatable bonds is 2. The number of halogens is 2. The predicted octanol–water partition coefficient (Wildman–Crippen LogP) is 2.21. The molecule has 1 fully saturated rings. The first-order valence-electron chi connectivity index (χ1n) is 5.33. The molecular formula is C12H13F2NO. The molecular weight excluding hydrogens is 212 g/mol. The number of carbonyl (C=O) groups excluding carboxylic acids is 1. The fourth-order valence-electron chi connectivity index (χ4n) is 1.97.